The number of hydrogen-bond donors (Lipinski definition) is 3. The van der Waals surface area contributed by atoms with Crippen LogP contribution in [0.2, 0.25) is 0 Å². The Balaban J connectivity index is 1.84. The molecule has 1 aliphatic rings. The van der Waals surface area contributed by atoms with E-state index in [0.717, 1.165) is 6.42 Å². The molecule has 2 aromatic rings. The second-order valence-electron chi connectivity index (χ2n) is 8.20. The number of carbonyl (C=O) groups excluding carboxylic acids is 2. The van der Waals surface area contributed by atoms with Crippen LogP contribution in [0, 0.1) is 0 Å². The van der Waals surface area contributed by atoms with Gasteiger partial charge in [-0.3, -0.25) is 9.59 Å². The third kappa shape index (κ3) is 4.30. The zero-order valence-corrected chi connectivity index (χ0v) is 17.8. The second kappa shape index (κ2) is 8.83. The van der Waals surface area contributed by atoms with Crippen LogP contribution in [0.5, 0.6) is 0 Å². The van der Waals surface area contributed by atoms with E-state index >= 15 is 0 Å². The number of aliphatic hydroxyl groups excluding tert-OH is 1. The van der Waals surface area contributed by atoms with Gasteiger partial charge in [-0.05, 0) is 26.3 Å². The van der Waals surface area contributed by atoms with Gasteiger partial charge in [0.1, 0.15) is 11.3 Å². The van der Waals surface area contributed by atoms with Crippen LogP contribution >= 0.6 is 0 Å². The first-order valence-electron chi connectivity index (χ1n) is 10.3. The van der Waals surface area contributed by atoms with Crippen molar-refractivity contribution in [1.82, 2.24) is 25.2 Å². The van der Waals surface area contributed by atoms with E-state index in [1.54, 1.807) is 17.3 Å². The van der Waals surface area contributed by atoms with Crippen LogP contribution in [-0.4, -0.2) is 74.6 Å². The molecule has 0 aromatic carbocycles. The summed E-state index contributed by atoms with van der Waals surface area (Å²) in [6.45, 7) is 11.2. The molecule has 9 nitrogen and oxygen atoms in total. The Labute approximate surface area is 176 Å². The highest BCUT2D eigenvalue weighted by Crippen LogP contribution is 2.26. The number of rotatable bonds is 7. The summed E-state index contributed by atoms with van der Waals surface area (Å²) in [4.78, 5) is 40.9. The standard InChI is InChI=1S/C21H30N6O3/c1-5-7-14(12-28)24-20(30)15-10-22-19-18(15)25-16(11-23-19)26-8-9-27(17(29)6-2)21(3,4)13-26/h6,10-11,14,28H,2,5,7-9,12-13H2,1,3-4H3,(H,22,23)(H,24,30)/t14-/m0/s1. The summed E-state index contributed by atoms with van der Waals surface area (Å²) in [6, 6.07) is -0.292. The maximum absolute atomic E-state index is 12.7. The fraction of sp³-hybridized carbons (Fsp3) is 0.524. The molecule has 30 heavy (non-hydrogen) atoms. The number of aromatic nitrogens is 3. The lowest BCUT2D eigenvalue weighted by Gasteiger charge is -2.47. The molecular weight excluding hydrogens is 384 g/mol. The summed E-state index contributed by atoms with van der Waals surface area (Å²) in [5.74, 6) is 0.278. The van der Waals surface area contributed by atoms with Gasteiger partial charge in [0.05, 0.1) is 29.9 Å². The van der Waals surface area contributed by atoms with Gasteiger partial charge in [0.15, 0.2) is 5.65 Å². The summed E-state index contributed by atoms with van der Waals surface area (Å²) < 4.78 is 0. The first-order chi connectivity index (χ1) is 14.3. The highest BCUT2D eigenvalue weighted by Gasteiger charge is 2.36. The van der Waals surface area contributed by atoms with Crippen LogP contribution < -0.4 is 10.2 Å². The van der Waals surface area contributed by atoms with Gasteiger partial charge in [-0.25, -0.2) is 9.97 Å². The van der Waals surface area contributed by atoms with Crippen molar-refractivity contribution >= 4 is 28.8 Å². The highest BCUT2D eigenvalue weighted by molar-refractivity contribution is 6.04. The molecule has 162 valence electrons. The smallest absolute Gasteiger partial charge is 0.255 e. The molecule has 0 unspecified atom stereocenters. The third-order valence-electron chi connectivity index (χ3n) is 5.47. The molecule has 1 aliphatic heterocycles. The largest absolute Gasteiger partial charge is 0.394 e. The minimum Gasteiger partial charge on any atom is -0.394 e. The number of hydrogen-bond acceptors (Lipinski definition) is 6. The Kier molecular flexibility index (Phi) is 6.40. The lowest BCUT2D eigenvalue weighted by molar-refractivity contribution is -0.131. The average molecular weight is 415 g/mol. The van der Waals surface area contributed by atoms with E-state index < -0.39 is 5.54 Å². The number of aromatic amines is 1. The zero-order chi connectivity index (χ0) is 21.9. The molecule has 0 saturated carbocycles. The van der Waals surface area contributed by atoms with Crippen molar-refractivity contribution in [1.29, 1.82) is 0 Å². The molecule has 1 atom stereocenters. The molecule has 0 radical (unpaired) electrons. The molecule has 3 rings (SSSR count). The van der Waals surface area contributed by atoms with Crippen LogP contribution in [0.25, 0.3) is 11.2 Å². The van der Waals surface area contributed by atoms with Gasteiger partial charge in [-0.15, -0.1) is 0 Å². The van der Waals surface area contributed by atoms with Crippen LogP contribution in [-0.2, 0) is 4.79 Å². The summed E-state index contributed by atoms with van der Waals surface area (Å²) in [5.41, 5.74) is 1.02. The molecule has 0 aliphatic carbocycles. The molecule has 0 spiro atoms. The summed E-state index contributed by atoms with van der Waals surface area (Å²) in [6.07, 6.45) is 6.17. The van der Waals surface area contributed by atoms with Crippen molar-refractivity contribution in [3.63, 3.8) is 0 Å². The lowest BCUT2D eigenvalue weighted by atomic mass is 9.98. The fourth-order valence-corrected chi connectivity index (χ4v) is 3.90. The minimum atomic E-state index is -0.396. The highest BCUT2D eigenvalue weighted by atomic mass is 16.3. The number of piperazine rings is 1. The van der Waals surface area contributed by atoms with E-state index in [4.69, 9.17) is 4.98 Å². The number of carbonyl (C=O) groups is 2. The first-order valence-corrected chi connectivity index (χ1v) is 10.3. The number of nitrogens with zero attached hydrogens (tertiary/aromatic N) is 4. The predicted octanol–water partition coefficient (Wildman–Crippen LogP) is 1.46. The van der Waals surface area contributed by atoms with E-state index in [0.29, 0.717) is 48.6 Å². The average Bonchev–Trinajstić information content (AvgIpc) is 3.15. The van der Waals surface area contributed by atoms with Gasteiger partial charge in [0.2, 0.25) is 5.91 Å². The summed E-state index contributed by atoms with van der Waals surface area (Å²) in [7, 11) is 0. The topological polar surface area (TPSA) is 114 Å². The van der Waals surface area contributed by atoms with E-state index in [1.165, 1.54) is 6.08 Å². The van der Waals surface area contributed by atoms with Crippen molar-refractivity contribution in [2.45, 2.75) is 45.2 Å². The Morgan fingerprint density at radius 3 is 2.83 bits per heavy atom. The molecular formula is C21H30N6O3. The van der Waals surface area contributed by atoms with E-state index in [-0.39, 0.29) is 24.5 Å². The van der Waals surface area contributed by atoms with Crippen LogP contribution in [0.1, 0.15) is 44.0 Å². The second-order valence-corrected chi connectivity index (χ2v) is 8.20. The quantitative estimate of drug-likeness (QED) is 0.591. The summed E-state index contributed by atoms with van der Waals surface area (Å²) >= 11 is 0. The Morgan fingerprint density at radius 2 is 2.20 bits per heavy atom. The molecule has 3 heterocycles. The number of anilines is 1. The SMILES string of the molecule is C=CC(=O)N1CCN(c2cnc3[nH]cc(C(=O)N[C@H](CO)CCC)c3n2)CC1(C)C. The monoisotopic (exact) mass is 414 g/mol. The molecule has 1 saturated heterocycles. The normalized spacial score (nSPS) is 17.1. The Bertz CT molecular complexity index is 938. The van der Waals surface area contributed by atoms with Crippen molar-refractivity contribution in [3.8, 4) is 0 Å². The van der Waals surface area contributed by atoms with Crippen molar-refractivity contribution in [2.75, 3.05) is 31.1 Å². The summed E-state index contributed by atoms with van der Waals surface area (Å²) in [5, 5.41) is 12.3. The molecule has 0 bridgehead atoms. The van der Waals surface area contributed by atoms with Gasteiger partial charge in [-0.1, -0.05) is 19.9 Å². The van der Waals surface area contributed by atoms with Gasteiger partial charge < -0.3 is 25.2 Å². The number of aliphatic hydroxyl groups is 1. The molecule has 9 heteroatoms. The first kappa shape index (κ1) is 21.8. The minimum absolute atomic E-state index is 0.0868. The van der Waals surface area contributed by atoms with E-state index in [2.05, 4.69) is 26.8 Å². The maximum Gasteiger partial charge on any atom is 0.255 e. The number of H-pyrrole nitrogens is 1. The molecule has 2 aromatic heterocycles. The molecule has 1 fully saturated rings. The Hall–Kier alpha value is -2.94. The van der Waals surface area contributed by atoms with Crippen molar-refractivity contribution < 1.29 is 14.7 Å². The maximum atomic E-state index is 12.7. The van der Waals surface area contributed by atoms with Crippen LogP contribution in [0.15, 0.2) is 25.0 Å². The Morgan fingerprint density at radius 1 is 1.43 bits per heavy atom. The predicted molar refractivity (Wildman–Crippen MR) is 115 cm³/mol. The number of fused-ring (bicyclic) bond motifs is 1. The van der Waals surface area contributed by atoms with Crippen molar-refractivity contribution in [3.05, 3.63) is 30.6 Å². The third-order valence-corrected chi connectivity index (χ3v) is 5.47. The zero-order valence-electron chi connectivity index (χ0n) is 17.8. The lowest BCUT2D eigenvalue weighted by Crippen LogP contribution is -2.61. The van der Waals surface area contributed by atoms with Crippen LogP contribution in [0.3, 0.4) is 0 Å². The number of amides is 2. The van der Waals surface area contributed by atoms with Gasteiger partial charge in [-0.2, -0.15) is 0 Å². The van der Waals surface area contributed by atoms with E-state index in [9.17, 15) is 14.7 Å². The van der Waals surface area contributed by atoms with Crippen LogP contribution in [0.4, 0.5) is 5.82 Å². The van der Waals surface area contributed by atoms with Crippen molar-refractivity contribution in [2.24, 2.45) is 0 Å². The van der Waals surface area contributed by atoms with Gasteiger partial charge in [0, 0.05) is 25.8 Å². The molecule has 2 amide bonds. The molecule has 3 N–H and O–H groups in total. The van der Waals surface area contributed by atoms with Gasteiger partial charge >= 0.3 is 0 Å². The van der Waals surface area contributed by atoms with Gasteiger partial charge in [0.25, 0.3) is 5.91 Å². The van der Waals surface area contributed by atoms with E-state index in [1.807, 2.05) is 20.8 Å². The fourth-order valence-electron chi connectivity index (χ4n) is 3.90. The number of nitrogens with one attached hydrogen (secondary N) is 2.